The van der Waals surface area contributed by atoms with E-state index in [4.69, 9.17) is 9.47 Å². The summed E-state index contributed by atoms with van der Waals surface area (Å²) in [6, 6.07) is 15.1. The van der Waals surface area contributed by atoms with Crippen molar-refractivity contribution in [3.8, 4) is 11.5 Å². The molecule has 0 aromatic heterocycles. The molecule has 0 aliphatic heterocycles. The molecule has 3 nitrogen and oxygen atoms in total. The monoisotopic (exact) mass is 270 g/mol. The maximum Gasteiger partial charge on any atom is 0.349 e. The molecule has 0 saturated heterocycles. The number of rotatable bonds is 5. The average Bonchev–Trinajstić information content (AvgIpc) is 2.45. The van der Waals surface area contributed by atoms with Crippen LogP contribution in [0.3, 0.4) is 0 Å². The Balaban J connectivity index is 1.92. The highest BCUT2D eigenvalue weighted by atomic mass is 16.6. The van der Waals surface area contributed by atoms with Gasteiger partial charge in [0.1, 0.15) is 11.5 Å². The second-order valence-corrected chi connectivity index (χ2v) is 4.54. The summed E-state index contributed by atoms with van der Waals surface area (Å²) < 4.78 is 10.7. The Morgan fingerprint density at radius 2 is 1.90 bits per heavy atom. The van der Waals surface area contributed by atoms with Crippen molar-refractivity contribution in [3.63, 3.8) is 0 Å². The Hall–Kier alpha value is -2.29. The highest BCUT2D eigenvalue weighted by Gasteiger charge is 2.08. The minimum Gasteiger partial charge on any atom is -0.482 e. The lowest BCUT2D eigenvalue weighted by Gasteiger charge is -2.10. The van der Waals surface area contributed by atoms with Crippen molar-refractivity contribution in [2.24, 2.45) is 0 Å². The third-order valence-corrected chi connectivity index (χ3v) is 2.92. The van der Waals surface area contributed by atoms with Crippen molar-refractivity contribution in [2.45, 2.75) is 20.3 Å². The van der Waals surface area contributed by atoms with Crippen LogP contribution in [0.4, 0.5) is 0 Å². The molecule has 0 atom stereocenters. The van der Waals surface area contributed by atoms with E-state index in [1.54, 1.807) is 6.07 Å². The van der Waals surface area contributed by atoms with Gasteiger partial charge in [-0.25, -0.2) is 4.79 Å². The van der Waals surface area contributed by atoms with E-state index in [1.165, 1.54) is 0 Å². The lowest BCUT2D eigenvalue weighted by Crippen LogP contribution is -2.18. The van der Waals surface area contributed by atoms with E-state index in [0.29, 0.717) is 5.75 Å². The van der Waals surface area contributed by atoms with Gasteiger partial charge < -0.3 is 9.47 Å². The number of ether oxygens (including phenoxy) is 2. The number of hydrogen-bond acceptors (Lipinski definition) is 3. The molecule has 0 aliphatic rings. The van der Waals surface area contributed by atoms with Crippen LogP contribution in [0.2, 0.25) is 0 Å². The summed E-state index contributed by atoms with van der Waals surface area (Å²) in [4.78, 5) is 11.7. The first-order valence-corrected chi connectivity index (χ1v) is 6.67. The number of carbonyl (C=O) groups excluding carboxylic acids is 1. The smallest absolute Gasteiger partial charge is 0.349 e. The third-order valence-electron chi connectivity index (χ3n) is 2.92. The van der Waals surface area contributed by atoms with Crippen LogP contribution in [0, 0.1) is 6.92 Å². The fourth-order valence-electron chi connectivity index (χ4n) is 1.91. The van der Waals surface area contributed by atoms with Gasteiger partial charge in [-0.2, -0.15) is 0 Å². The van der Waals surface area contributed by atoms with Gasteiger partial charge in [0.2, 0.25) is 0 Å². The predicted octanol–water partition coefficient (Wildman–Crippen LogP) is 3.54. The van der Waals surface area contributed by atoms with Gasteiger partial charge in [0.25, 0.3) is 0 Å². The number of carbonyl (C=O) groups is 1. The van der Waals surface area contributed by atoms with Gasteiger partial charge in [-0.05, 0) is 42.7 Å². The van der Waals surface area contributed by atoms with E-state index in [-0.39, 0.29) is 6.61 Å². The van der Waals surface area contributed by atoms with Crippen molar-refractivity contribution in [1.29, 1.82) is 0 Å². The van der Waals surface area contributed by atoms with Crippen molar-refractivity contribution in [2.75, 3.05) is 6.61 Å². The van der Waals surface area contributed by atoms with E-state index < -0.39 is 5.97 Å². The Bertz CT molecular complexity index is 590. The molecule has 3 heteroatoms. The zero-order chi connectivity index (χ0) is 14.4. The van der Waals surface area contributed by atoms with E-state index in [2.05, 4.69) is 0 Å². The molecule has 0 heterocycles. The zero-order valence-corrected chi connectivity index (χ0v) is 11.8. The molecule has 0 saturated carbocycles. The van der Waals surface area contributed by atoms with Crippen molar-refractivity contribution in [1.82, 2.24) is 0 Å². The lowest BCUT2D eigenvalue weighted by molar-refractivity contribution is -0.136. The van der Waals surface area contributed by atoms with Crippen LogP contribution < -0.4 is 9.47 Å². The number of aryl methyl sites for hydroxylation is 2. The molecular formula is C17H18O3. The van der Waals surface area contributed by atoms with Gasteiger partial charge in [-0.1, -0.05) is 37.3 Å². The molecule has 0 radical (unpaired) electrons. The topological polar surface area (TPSA) is 35.5 Å². The summed E-state index contributed by atoms with van der Waals surface area (Å²) in [6.07, 6.45) is 0.864. The van der Waals surface area contributed by atoms with Crippen LogP contribution in [-0.4, -0.2) is 12.6 Å². The Morgan fingerprint density at radius 1 is 1.10 bits per heavy atom. The first-order valence-electron chi connectivity index (χ1n) is 6.67. The number of benzene rings is 2. The molecular weight excluding hydrogens is 252 g/mol. The SMILES string of the molecule is CCc1ccccc1OCC(=O)Oc1cccc(C)c1. The molecule has 0 spiro atoms. The second kappa shape index (κ2) is 6.75. The van der Waals surface area contributed by atoms with Crippen LogP contribution in [-0.2, 0) is 11.2 Å². The van der Waals surface area contributed by atoms with Gasteiger partial charge in [0.15, 0.2) is 6.61 Å². The minimum absolute atomic E-state index is 0.0923. The highest BCUT2D eigenvalue weighted by Crippen LogP contribution is 2.18. The molecule has 0 N–H and O–H groups in total. The fourth-order valence-corrected chi connectivity index (χ4v) is 1.91. The second-order valence-electron chi connectivity index (χ2n) is 4.54. The first kappa shape index (κ1) is 14.1. The fraction of sp³-hybridized carbons (Fsp3) is 0.235. The Morgan fingerprint density at radius 3 is 2.65 bits per heavy atom. The maximum atomic E-state index is 11.7. The van der Waals surface area contributed by atoms with Gasteiger partial charge in [-0.3, -0.25) is 0 Å². The van der Waals surface area contributed by atoms with Crippen LogP contribution >= 0.6 is 0 Å². The summed E-state index contributed by atoms with van der Waals surface area (Å²) in [5.41, 5.74) is 2.13. The molecule has 0 aliphatic carbocycles. The Kier molecular flexibility index (Phi) is 4.77. The summed E-state index contributed by atoms with van der Waals surface area (Å²) in [5.74, 6) is 0.875. The van der Waals surface area contributed by atoms with Crippen molar-refractivity contribution in [3.05, 3.63) is 59.7 Å². The van der Waals surface area contributed by atoms with Gasteiger partial charge >= 0.3 is 5.97 Å². The van der Waals surface area contributed by atoms with Crippen molar-refractivity contribution >= 4 is 5.97 Å². The van der Waals surface area contributed by atoms with Gasteiger partial charge in [0.05, 0.1) is 0 Å². The molecule has 0 bridgehead atoms. The maximum absolute atomic E-state index is 11.7. The summed E-state index contributed by atoms with van der Waals surface area (Å²) in [7, 11) is 0. The first-order chi connectivity index (χ1) is 9.69. The quantitative estimate of drug-likeness (QED) is 0.615. The van der Waals surface area contributed by atoms with E-state index in [0.717, 1.165) is 23.3 Å². The highest BCUT2D eigenvalue weighted by molar-refractivity contribution is 5.74. The molecule has 0 amide bonds. The number of hydrogen-bond donors (Lipinski definition) is 0. The normalized spacial score (nSPS) is 10.1. The van der Waals surface area contributed by atoms with Gasteiger partial charge in [0, 0.05) is 0 Å². The average molecular weight is 270 g/mol. The summed E-state index contributed by atoms with van der Waals surface area (Å²) in [6.45, 7) is 3.91. The van der Waals surface area contributed by atoms with Crippen LogP contribution in [0.1, 0.15) is 18.1 Å². The van der Waals surface area contributed by atoms with Crippen LogP contribution in [0.15, 0.2) is 48.5 Å². The standard InChI is InChI=1S/C17H18O3/c1-3-14-8-4-5-10-16(14)19-12-17(18)20-15-9-6-7-13(2)11-15/h4-11H,3,12H2,1-2H3. The minimum atomic E-state index is -0.401. The molecule has 0 fully saturated rings. The molecule has 2 aromatic rings. The van der Waals surface area contributed by atoms with Crippen LogP contribution in [0.5, 0.6) is 11.5 Å². The largest absolute Gasteiger partial charge is 0.482 e. The third kappa shape index (κ3) is 3.85. The molecule has 20 heavy (non-hydrogen) atoms. The molecule has 0 unspecified atom stereocenters. The molecule has 2 aromatic carbocycles. The van der Waals surface area contributed by atoms with Crippen molar-refractivity contribution < 1.29 is 14.3 Å². The number of para-hydroxylation sites is 1. The lowest BCUT2D eigenvalue weighted by atomic mass is 10.1. The summed E-state index contributed by atoms with van der Waals surface area (Å²) >= 11 is 0. The molecule has 2 rings (SSSR count). The summed E-state index contributed by atoms with van der Waals surface area (Å²) in [5, 5.41) is 0. The van der Waals surface area contributed by atoms with Gasteiger partial charge in [-0.15, -0.1) is 0 Å². The zero-order valence-electron chi connectivity index (χ0n) is 11.8. The van der Waals surface area contributed by atoms with E-state index in [1.807, 2.05) is 56.3 Å². The van der Waals surface area contributed by atoms with Crippen LogP contribution in [0.25, 0.3) is 0 Å². The van der Waals surface area contributed by atoms with E-state index >= 15 is 0 Å². The Labute approximate surface area is 119 Å². The number of esters is 1. The van der Waals surface area contributed by atoms with E-state index in [9.17, 15) is 4.79 Å². The predicted molar refractivity (Wildman–Crippen MR) is 78.1 cm³/mol. The molecule has 104 valence electrons.